The van der Waals surface area contributed by atoms with Gasteiger partial charge in [0.25, 0.3) is 0 Å². The first-order valence-electron chi connectivity index (χ1n) is 3.38. The van der Waals surface area contributed by atoms with Gasteiger partial charge in [0.2, 0.25) is 0 Å². The number of nitrogens with two attached hydrogens (primary N) is 1. The summed E-state index contributed by atoms with van der Waals surface area (Å²) in [5, 5.41) is 0. The van der Waals surface area contributed by atoms with E-state index in [1.807, 2.05) is 13.0 Å². The molecule has 60 valence electrons. The van der Waals surface area contributed by atoms with Crippen LogP contribution in [0.3, 0.4) is 0 Å². The van der Waals surface area contributed by atoms with Gasteiger partial charge in [0, 0.05) is 4.47 Å². The molecule has 0 spiro atoms. The number of rotatable bonds is 1. The highest BCUT2D eigenvalue weighted by Gasteiger charge is 2.04. The highest BCUT2D eigenvalue weighted by atomic mass is 79.9. The second-order valence-electron chi connectivity index (χ2n) is 2.31. The molecule has 3 heteroatoms. The number of hydrogen-bond acceptors (Lipinski definition) is 1. The van der Waals surface area contributed by atoms with Gasteiger partial charge in [-0.05, 0) is 24.1 Å². The lowest BCUT2D eigenvalue weighted by molar-refractivity contribution is 0.630. The lowest BCUT2D eigenvalue weighted by Crippen LogP contribution is -1.96. The van der Waals surface area contributed by atoms with Gasteiger partial charge in [-0.15, -0.1) is 0 Å². The highest BCUT2D eigenvalue weighted by molar-refractivity contribution is 9.10. The molecular weight excluding hydrogens is 209 g/mol. The largest absolute Gasteiger partial charge is 0.396 e. The summed E-state index contributed by atoms with van der Waals surface area (Å²) < 4.78 is 13.6. The van der Waals surface area contributed by atoms with Crippen LogP contribution in [0.15, 0.2) is 16.6 Å². The van der Waals surface area contributed by atoms with Crippen molar-refractivity contribution in [3.8, 4) is 0 Å². The van der Waals surface area contributed by atoms with E-state index in [-0.39, 0.29) is 11.5 Å². The summed E-state index contributed by atoms with van der Waals surface area (Å²) in [5.41, 5.74) is 6.57. The number of aryl methyl sites for hydroxylation is 1. The average Bonchev–Trinajstić information content (AvgIpc) is 1.96. The maximum absolute atomic E-state index is 12.9. The molecule has 0 amide bonds. The third-order valence-corrected chi connectivity index (χ3v) is 2.02. The van der Waals surface area contributed by atoms with Gasteiger partial charge in [0.15, 0.2) is 0 Å². The molecule has 2 N–H and O–H groups in total. The highest BCUT2D eigenvalue weighted by Crippen LogP contribution is 2.22. The molecule has 0 radical (unpaired) electrons. The molecule has 11 heavy (non-hydrogen) atoms. The van der Waals surface area contributed by atoms with Crippen LogP contribution in [-0.4, -0.2) is 0 Å². The Hall–Kier alpha value is -0.570. The van der Waals surface area contributed by atoms with Crippen LogP contribution in [0, 0.1) is 5.82 Å². The molecule has 0 unspecified atom stereocenters. The molecule has 0 saturated heterocycles. The minimum atomic E-state index is -0.351. The van der Waals surface area contributed by atoms with Crippen LogP contribution in [0.1, 0.15) is 12.5 Å². The summed E-state index contributed by atoms with van der Waals surface area (Å²) in [4.78, 5) is 0. The van der Waals surface area contributed by atoms with Crippen molar-refractivity contribution in [2.24, 2.45) is 0 Å². The Morgan fingerprint density at radius 2 is 2.18 bits per heavy atom. The van der Waals surface area contributed by atoms with Crippen molar-refractivity contribution in [2.45, 2.75) is 13.3 Å². The van der Waals surface area contributed by atoms with Crippen LogP contribution in [-0.2, 0) is 6.42 Å². The normalized spacial score (nSPS) is 10.1. The minimum Gasteiger partial charge on any atom is -0.396 e. The van der Waals surface area contributed by atoms with Gasteiger partial charge >= 0.3 is 0 Å². The molecule has 0 fully saturated rings. The van der Waals surface area contributed by atoms with Gasteiger partial charge in [-0.3, -0.25) is 0 Å². The fraction of sp³-hybridized carbons (Fsp3) is 0.250. The van der Waals surface area contributed by atoms with Crippen molar-refractivity contribution in [3.05, 3.63) is 28.0 Å². The maximum Gasteiger partial charge on any atom is 0.147 e. The third kappa shape index (κ3) is 1.71. The molecule has 0 atom stereocenters. The molecule has 0 aliphatic rings. The van der Waals surface area contributed by atoms with E-state index in [1.165, 1.54) is 6.07 Å². The number of halogens is 2. The van der Waals surface area contributed by atoms with Crippen LogP contribution in [0.2, 0.25) is 0 Å². The number of hydrogen-bond donors (Lipinski definition) is 1. The van der Waals surface area contributed by atoms with Crippen LogP contribution in [0.5, 0.6) is 0 Å². The Morgan fingerprint density at radius 3 is 2.73 bits per heavy atom. The fourth-order valence-corrected chi connectivity index (χ4v) is 1.41. The van der Waals surface area contributed by atoms with Gasteiger partial charge in [-0.1, -0.05) is 22.9 Å². The van der Waals surface area contributed by atoms with E-state index in [0.717, 1.165) is 16.5 Å². The monoisotopic (exact) mass is 217 g/mol. The molecule has 1 nitrogen and oxygen atoms in total. The van der Waals surface area contributed by atoms with Gasteiger partial charge in [-0.25, -0.2) is 4.39 Å². The zero-order valence-electron chi connectivity index (χ0n) is 6.20. The Bertz CT molecular complexity index is 273. The smallest absolute Gasteiger partial charge is 0.147 e. The first kappa shape index (κ1) is 8.53. The number of nitrogen functional groups attached to an aromatic ring is 1. The summed E-state index contributed by atoms with van der Waals surface area (Å²) in [6, 6.07) is 3.20. The third-order valence-electron chi connectivity index (χ3n) is 1.56. The molecular formula is C8H9BrFN. The summed E-state index contributed by atoms with van der Waals surface area (Å²) >= 11 is 3.19. The van der Waals surface area contributed by atoms with Gasteiger partial charge in [-0.2, -0.15) is 0 Å². The van der Waals surface area contributed by atoms with Crippen LogP contribution >= 0.6 is 15.9 Å². The van der Waals surface area contributed by atoms with Gasteiger partial charge in [0.1, 0.15) is 5.82 Å². The Labute approximate surface area is 73.5 Å². The molecule has 0 aliphatic carbocycles. The zero-order chi connectivity index (χ0) is 8.43. The second kappa shape index (κ2) is 3.22. The quantitative estimate of drug-likeness (QED) is 0.720. The molecule has 1 rings (SSSR count). The lowest BCUT2D eigenvalue weighted by Gasteiger charge is -2.03. The van der Waals surface area contributed by atoms with E-state index in [1.54, 1.807) is 0 Å². The topological polar surface area (TPSA) is 26.0 Å². The van der Waals surface area contributed by atoms with E-state index >= 15 is 0 Å². The zero-order valence-corrected chi connectivity index (χ0v) is 7.78. The summed E-state index contributed by atoms with van der Waals surface area (Å²) in [6.07, 6.45) is 0.752. The lowest BCUT2D eigenvalue weighted by atomic mass is 10.1. The number of anilines is 1. The fourth-order valence-electron chi connectivity index (χ4n) is 0.931. The van der Waals surface area contributed by atoms with E-state index in [4.69, 9.17) is 5.73 Å². The molecule has 1 aromatic rings. The van der Waals surface area contributed by atoms with Crippen LogP contribution in [0.25, 0.3) is 0 Å². The molecule has 1 aromatic carbocycles. The van der Waals surface area contributed by atoms with Gasteiger partial charge in [0.05, 0.1) is 5.69 Å². The SMILES string of the molecule is CCc1cc(Br)cc(F)c1N. The summed E-state index contributed by atoms with van der Waals surface area (Å²) in [5.74, 6) is -0.351. The van der Waals surface area contributed by atoms with Crippen molar-refractivity contribution in [3.63, 3.8) is 0 Å². The van der Waals surface area contributed by atoms with E-state index in [0.29, 0.717) is 0 Å². The predicted octanol–water partition coefficient (Wildman–Crippen LogP) is 2.73. The van der Waals surface area contributed by atoms with Crippen molar-refractivity contribution in [2.75, 3.05) is 5.73 Å². The molecule has 0 saturated carbocycles. The Balaban J connectivity index is 3.24. The van der Waals surface area contributed by atoms with E-state index in [9.17, 15) is 4.39 Å². The average molecular weight is 218 g/mol. The van der Waals surface area contributed by atoms with Gasteiger partial charge < -0.3 is 5.73 Å². The standard InChI is InChI=1S/C8H9BrFN/c1-2-5-3-6(9)4-7(10)8(5)11/h3-4H,2,11H2,1H3. The molecule has 0 heterocycles. The Kier molecular flexibility index (Phi) is 2.49. The molecule has 0 aromatic heterocycles. The second-order valence-corrected chi connectivity index (χ2v) is 3.23. The first-order valence-corrected chi connectivity index (χ1v) is 4.17. The van der Waals surface area contributed by atoms with Crippen LogP contribution < -0.4 is 5.73 Å². The van der Waals surface area contributed by atoms with Crippen LogP contribution in [0.4, 0.5) is 10.1 Å². The summed E-state index contributed by atoms with van der Waals surface area (Å²) in [7, 11) is 0. The van der Waals surface area contributed by atoms with Crippen molar-refractivity contribution in [1.82, 2.24) is 0 Å². The molecule has 0 bridgehead atoms. The minimum absolute atomic E-state index is 0.260. The van der Waals surface area contributed by atoms with Crippen molar-refractivity contribution < 1.29 is 4.39 Å². The van der Waals surface area contributed by atoms with E-state index < -0.39 is 0 Å². The van der Waals surface area contributed by atoms with Crippen molar-refractivity contribution in [1.29, 1.82) is 0 Å². The maximum atomic E-state index is 12.9. The first-order chi connectivity index (χ1) is 5.15. The Morgan fingerprint density at radius 1 is 1.55 bits per heavy atom. The van der Waals surface area contributed by atoms with Crippen molar-refractivity contribution >= 4 is 21.6 Å². The van der Waals surface area contributed by atoms with E-state index in [2.05, 4.69) is 15.9 Å². The summed E-state index contributed by atoms with van der Waals surface area (Å²) in [6.45, 7) is 1.94. The predicted molar refractivity (Wildman–Crippen MR) is 47.9 cm³/mol. The number of benzene rings is 1. The molecule has 0 aliphatic heterocycles.